The highest BCUT2D eigenvalue weighted by Crippen LogP contribution is 2.24. The lowest BCUT2D eigenvalue weighted by atomic mass is 10.00. The highest BCUT2D eigenvalue weighted by atomic mass is 32.2. The third-order valence-corrected chi connectivity index (χ3v) is 5.15. The second-order valence-corrected chi connectivity index (χ2v) is 6.89. The van der Waals surface area contributed by atoms with Gasteiger partial charge in [0.1, 0.15) is 6.04 Å². The van der Waals surface area contributed by atoms with Crippen LogP contribution in [0.1, 0.15) is 18.5 Å². The Bertz CT molecular complexity index is 873. The van der Waals surface area contributed by atoms with E-state index in [4.69, 9.17) is 0 Å². The average Bonchev–Trinajstić information content (AvgIpc) is 2.66. The fourth-order valence-corrected chi connectivity index (χ4v) is 3.56. The van der Waals surface area contributed by atoms with Crippen molar-refractivity contribution < 1.29 is 10.1 Å². The van der Waals surface area contributed by atoms with Crippen molar-refractivity contribution in [1.29, 1.82) is 0 Å². The topological polar surface area (TPSA) is 45.7 Å². The summed E-state index contributed by atoms with van der Waals surface area (Å²) in [5.74, 6) is 0.0218. The van der Waals surface area contributed by atoms with Crippen LogP contribution in [-0.4, -0.2) is 18.7 Å². The Morgan fingerprint density at radius 2 is 1.76 bits per heavy atom. The molecule has 3 nitrogen and oxygen atoms in total. The van der Waals surface area contributed by atoms with Crippen LogP contribution < -0.4 is 10.6 Å². The molecule has 0 saturated carbocycles. The van der Waals surface area contributed by atoms with Gasteiger partial charge in [-0.3, -0.25) is 4.79 Å². The zero-order valence-electron chi connectivity index (χ0n) is 14.5. The van der Waals surface area contributed by atoms with Gasteiger partial charge in [-0.25, -0.2) is 0 Å². The molecule has 0 heterocycles. The summed E-state index contributed by atoms with van der Waals surface area (Å²) in [6.07, 6.45) is 2.01. The molecule has 1 amide bonds. The Morgan fingerprint density at radius 3 is 2.60 bits per heavy atom. The van der Waals surface area contributed by atoms with E-state index in [1.54, 1.807) is 11.8 Å². The largest absolute Gasteiger partial charge is 0.332 e. The summed E-state index contributed by atoms with van der Waals surface area (Å²) in [5, 5.41) is 7.58. The summed E-state index contributed by atoms with van der Waals surface area (Å²) in [4.78, 5) is 13.4. The van der Waals surface area contributed by atoms with Crippen LogP contribution in [0.4, 0.5) is 5.69 Å². The molecule has 0 aromatic heterocycles. The first-order valence-electron chi connectivity index (χ1n) is 8.43. The summed E-state index contributed by atoms with van der Waals surface area (Å²) in [5.41, 5.74) is 2.14. The number of amides is 1. The first kappa shape index (κ1) is 17.5. The van der Waals surface area contributed by atoms with Crippen molar-refractivity contribution in [2.45, 2.75) is 17.9 Å². The predicted octanol–water partition coefficient (Wildman–Crippen LogP) is 3.82. The molecule has 0 aliphatic heterocycles. The van der Waals surface area contributed by atoms with Crippen LogP contribution in [0.2, 0.25) is 0 Å². The molecular weight excluding hydrogens is 328 g/mol. The van der Waals surface area contributed by atoms with Gasteiger partial charge in [0, 0.05) is 10.5 Å². The Labute approximate surface area is 152 Å². The molecule has 0 saturated heterocycles. The molecule has 0 aliphatic carbocycles. The number of rotatable bonds is 6. The molecule has 3 aromatic rings. The lowest BCUT2D eigenvalue weighted by Gasteiger charge is -2.14. The molecule has 3 rings (SSSR count). The van der Waals surface area contributed by atoms with Crippen LogP contribution >= 0.6 is 11.8 Å². The van der Waals surface area contributed by atoms with E-state index in [-0.39, 0.29) is 11.9 Å². The second kappa shape index (κ2) is 8.19. The number of hydrogen-bond donors (Lipinski definition) is 2. The fraction of sp³-hybridized carbons (Fsp3) is 0.190. The van der Waals surface area contributed by atoms with Crippen molar-refractivity contribution in [2.24, 2.45) is 0 Å². The Hall–Kier alpha value is -2.30. The van der Waals surface area contributed by atoms with Crippen LogP contribution in [0.15, 0.2) is 71.6 Å². The third-order valence-electron chi connectivity index (χ3n) is 4.35. The van der Waals surface area contributed by atoms with Crippen LogP contribution in [-0.2, 0) is 4.79 Å². The van der Waals surface area contributed by atoms with Gasteiger partial charge in [-0.2, -0.15) is 0 Å². The number of anilines is 1. The zero-order valence-corrected chi connectivity index (χ0v) is 15.3. The molecule has 1 atom stereocenters. The van der Waals surface area contributed by atoms with Gasteiger partial charge in [0.15, 0.2) is 6.54 Å². The standard InChI is InChI=1S/C21H22N2OS/c1-15(17-11-7-9-16-8-3-4-10-18(16)17)22-14-21(24)23-19-12-5-6-13-20(19)25-2/h3-13,15,22H,14H2,1-2H3,(H,23,24)/p+1/t15-/m0/s1. The number of quaternary nitrogens is 1. The van der Waals surface area contributed by atoms with Gasteiger partial charge in [0.2, 0.25) is 0 Å². The molecular formula is C21H23N2OS+. The first-order chi connectivity index (χ1) is 12.2. The first-order valence-corrected chi connectivity index (χ1v) is 9.65. The number of fused-ring (bicyclic) bond motifs is 1. The molecule has 3 N–H and O–H groups in total. The summed E-state index contributed by atoms with van der Waals surface area (Å²) in [7, 11) is 0. The lowest BCUT2D eigenvalue weighted by molar-refractivity contribution is -0.682. The Balaban J connectivity index is 1.65. The number of para-hydroxylation sites is 1. The molecule has 0 spiro atoms. The molecule has 0 aliphatic rings. The van der Waals surface area contributed by atoms with Crippen LogP contribution in [0, 0.1) is 0 Å². The van der Waals surface area contributed by atoms with Crippen LogP contribution in [0.5, 0.6) is 0 Å². The highest BCUT2D eigenvalue weighted by molar-refractivity contribution is 7.98. The molecule has 4 heteroatoms. The second-order valence-electron chi connectivity index (χ2n) is 6.05. The molecule has 0 fully saturated rings. The zero-order chi connectivity index (χ0) is 17.6. The van der Waals surface area contributed by atoms with E-state index in [0.29, 0.717) is 6.54 Å². The number of benzene rings is 3. The molecule has 3 aromatic carbocycles. The van der Waals surface area contributed by atoms with Crippen molar-refractivity contribution in [3.8, 4) is 0 Å². The number of carbonyl (C=O) groups is 1. The number of hydrogen-bond acceptors (Lipinski definition) is 2. The maximum Gasteiger partial charge on any atom is 0.279 e. The minimum absolute atomic E-state index is 0.0218. The van der Waals surface area contributed by atoms with E-state index in [9.17, 15) is 4.79 Å². The van der Waals surface area contributed by atoms with Crippen molar-refractivity contribution >= 4 is 34.1 Å². The van der Waals surface area contributed by atoms with Gasteiger partial charge in [0.25, 0.3) is 5.91 Å². The molecule has 128 valence electrons. The number of carbonyl (C=O) groups excluding carboxylic acids is 1. The maximum atomic E-state index is 12.3. The van der Waals surface area contributed by atoms with Crippen molar-refractivity contribution in [3.05, 3.63) is 72.3 Å². The summed E-state index contributed by atoms with van der Waals surface area (Å²) < 4.78 is 0. The molecule has 0 radical (unpaired) electrons. The minimum Gasteiger partial charge on any atom is -0.332 e. The predicted molar refractivity (Wildman–Crippen MR) is 106 cm³/mol. The van der Waals surface area contributed by atoms with E-state index in [1.807, 2.05) is 30.5 Å². The monoisotopic (exact) mass is 351 g/mol. The normalized spacial score (nSPS) is 12.1. The average molecular weight is 351 g/mol. The number of thioether (sulfide) groups is 1. The fourth-order valence-electron chi connectivity index (χ4n) is 3.01. The minimum atomic E-state index is 0.0218. The van der Waals surface area contributed by atoms with Gasteiger partial charge in [-0.1, -0.05) is 54.6 Å². The smallest absolute Gasteiger partial charge is 0.279 e. The number of nitrogens with one attached hydrogen (secondary N) is 1. The molecule has 0 unspecified atom stereocenters. The van der Waals surface area contributed by atoms with E-state index >= 15 is 0 Å². The van der Waals surface area contributed by atoms with Crippen molar-refractivity contribution in [1.82, 2.24) is 0 Å². The number of nitrogens with two attached hydrogens (primary N) is 1. The van der Waals surface area contributed by atoms with Gasteiger partial charge in [-0.05, 0) is 36.1 Å². The van der Waals surface area contributed by atoms with Crippen molar-refractivity contribution in [3.63, 3.8) is 0 Å². The van der Waals surface area contributed by atoms with Gasteiger partial charge >= 0.3 is 0 Å². The summed E-state index contributed by atoms with van der Waals surface area (Å²) >= 11 is 1.64. The lowest BCUT2D eigenvalue weighted by Crippen LogP contribution is -2.86. The Morgan fingerprint density at radius 1 is 1.04 bits per heavy atom. The molecule has 0 bridgehead atoms. The van der Waals surface area contributed by atoms with E-state index in [1.165, 1.54) is 16.3 Å². The van der Waals surface area contributed by atoms with Crippen molar-refractivity contribution in [2.75, 3.05) is 18.1 Å². The van der Waals surface area contributed by atoms with E-state index in [0.717, 1.165) is 10.6 Å². The van der Waals surface area contributed by atoms with Gasteiger partial charge in [-0.15, -0.1) is 11.8 Å². The maximum absolute atomic E-state index is 12.3. The van der Waals surface area contributed by atoms with Crippen LogP contribution in [0.25, 0.3) is 10.8 Å². The molecule has 25 heavy (non-hydrogen) atoms. The summed E-state index contributed by atoms with van der Waals surface area (Å²) in [6.45, 7) is 2.54. The van der Waals surface area contributed by atoms with E-state index < -0.39 is 0 Å². The van der Waals surface area contributed by atoms with E-state index in [2.05, 4.69) is 60.0 Å². The van der Waals surface area contributed by atoms with Crippen LogP contribution in [0.3, 0.4) is 0 Å². The Kier molecular flexibility index (Phi) is 5.74. The van der Waals surface area contributed by atoms with Gasteiger partial charge in [0.05, 0.1) is 5.69 Å². The third kappa shape index (κ3) is 4.21. The summed E-state index contributed by atoms with van der Waals surface area (Å²) in [6, 6.07) is 22.8. The highest BCUT2D eigenvalue weighted by Gasteiger charge is 2.14. The quantitative estimate of drug-likeness (QED) is 0.663. The van der Waals surface area contributed by atoms with Gasteiger partial charge < -0.3 is 10.6 Å². The SMILES string of the molecule is CSc1ccccc1NC(=O)C[NH2+][C@@H](C)c1cccc2ccccc12.